The minimum atomic E-state index is -3.32. The molecule has 2 N–H and O–H groups in total. The number of hydrogen-bond donors (Lipinski definition) is 1. The number of carbonyl (C=O) groups excluding carboxylic acids is 2. The van der Waals surface area contributed by atoms with Crippen molar-refractivity contribution >= 4 is 21.8 Å². The van der Waals surface area contributed by atoms with E-state index in [-0.39, 0.29) is 30.2 Å². The van der Waals surface area contributed by atoms with E-state index in [1.165, 1.54) is 0 Å². The third-order valence-electron chi connectivity index (χ3n) is 5.19. The molecule has 0 radical (unpaired) electrons. The van der Waals surface area contributed by atoms with Crippen LogP contribution in [0.2, 0.25) is 0 Å². The maximum absolute atomic E-state index is 12.5. The van der Waals surface area contributed by atoms with Gasteiger partial charge in [0.1, 0.15) is 5.60 Å². The topological polar surface area (TPSA) is 110 Å². The first-order valence-corrected chi connectivity index (χ1v) is 11.3. The van der Waals surface area contributed by atoms with E-state index in [1.54, 1.807) is 44.4 Å². The van der Waals surface area contributed by atoms with Crippen LogP contribution < -0.4 is 5.73 Å². The molecule has 0 bridgehead atoms. The minimum absolute atomic E-state index is 0.0619. The fraction of sp³-hybridized carbons (Fsp3) is 0.889. The van der Waals surface area contributed by atoms with Crippen LogP contribution in [0.5, 0.6) is 0 Å². The quantitative estimate of drug-likeness (QED) is 0.750. The molecule has 0 unspecified atom stereocenters. The van der Waals surface area contributed by atoms with Crippen LogP contribution >= 0.6 is 0 Å². The van der Waals surface area contributed by atoms with Crippen molar-refractivity contribution in [1.29, 1.82) is 0 Å². The molecule has 8 nitrogen and oxygen atoms in total. The van der Waals surface area contributed by atoms with E-state index in [2.05, 4.69) is 0 Å². The Morgan fingerprint density at radius 2 is 1.89 bits per heavy atom. The van der Waals surface area contributed by atoms with Crippen molar-refractivity contribution in [3.63, 3.8) is 0 Å². The molecule has 2 amide bonds. The number of nitrogens with two attached hydrogens (primary N) is 1. The Hall–Kier alpha value is -1.35. The van der Waals surface area contributed by atoms with Gasteiger partial charge in [-0.25, -0.2) is 13.2 Å². The first-order chi connectivity index (χ1) is 12.3. The third-order valence-corrected chi connectivity index (χ3v) is 7.52. The fourth-order valence-corrected chi connectivity index (χ4v) is 4.94. The van der Waals surface area contributed by atoms with Gasteiger partial charge in [0.05, 0.1) is 17.0 Å². The summed E-state index contributed by atoms with van der Waals surface area (Å²) in [5.41, 5.74) is 5.23. The van der Waals surface area contributed by atoms with Gasteiger partial charge >= 0.3 is 6.09 Å². The molecular weight excluding hydrogens is 370 g/mol. The number of carbonyl (C=O) groups is 2. The summed E-state index contributed by atoms with van der Waals surface area (Å²) in [7, 11) is -3.32. The molecule has 0 aromatic carbocycles. The molecule has 9 heteroatoms. The van der Waals surface area contributed by atoms with E-state index >= 15 is 0 Å². The standard InChI is InChI=1S/C18H33N3O5S/c1-12(2)27(24,25)11-13-10-20(17(23)26-18(3,4)5)8-7-15(13)21-9-6-14(19)16(21)22/h12-15H,6-11,19H2,1-5H3/t13-,14-,15-/m0/s1. The number of piperidine rings is 1. The number of ether oxygens (including phenoxy) is 1. The van der Waals surface area contributed by atoms with E-state index in [4.69, 9.17) is 10.5 Å². The fourth-order valence-electron chi connectivity index (χ4n) is 3.63. The lowest BCUT2D eigenvalue weighted by Crippen LogP contribution is -2.56. The number of rotatable bonds is 4. The van der Waals surface area contributed by atoms with Crippen LogP contribution in [-0.2, 0) is 19.4 Å². The molecule has 0 aromatic heterocycles. The van der Waals surface area contributed by atoms with Gasteiger partial charge in [-0.05, 0) is 47.5 Å². The SMILES string of the molecule is CC(C)S(=O)(=O)C[C@@H]1CN(C(=O)OC(C)(C)C)CC[C@@H]1N1CC[C@H](N)C1=O. The number of amides is 2. The summed E-state index contributed by atoms with van der Waals surface area (Å²) in [6.45, 7) is 9.90. The molecule has 0 saturated carbocycles. The van der Waals surface area contributed by atoms with E-state index < -0.39 is 32.8 Å². The largest absolute Gasteiger partial charge is 0.444 e. The predicted octanol–water partition coefficient (Wildman–Crippen LogP) is 0.995. The Balaban J connectivity index is 2.20. The van der Waals surface area contributed by atoms with E-state index in [0.29, 0.717) is 25.9 Å². The predicted molar refractivity (Wildman–Crippen MR) is 103 cm³/mol. The molecule has 2 aliphatic heterocycles. The summed E-state index contributed by atoms with van der Waals surface area (Å²) in [5, 5.41) is -0.508. The molecule has 0 aromatic rings. The van der Waals surface area contributed by atoms with Crippen molar-refractivity contribution < 1.29 is 22.7 Å². The average molecular weight is 404 g/mol. The lowest BCUT2D eigenvalue weighted by atomic mass is 9.92. The summed E-state index contributed by atoms with van der Waals surface area (Å²) in [4.78, 5) is 28.1. The second-order valence-electron chi connectivity index (χ2n) is 8.85. The van der Waals surface area contributed by atoms with E-state index in [1.807, 2.05) is 0 Å². The van der Waals surface area contributed by atoms with E-state index in [9.17, 15) is 18.0 Å². The second-order valence-corrected chi connectivity index (χ2v) is 11.4. The maximum Gasteiger partial charge on any atom is 0.410 e. The highest BCUT2D eigenvalue weighted by atomic mass is 32.2. The first kappa shape index (κ1) is 21.9. The number of likely N-dealkylation sites (tertiary alicyclic amines) is 2. The van der Waals surface area contributed by atoms with Gasteiger partial charge in [-0.1, -0.05) is 0 Å². The van der Waals surface area contributed by atoms with Crippen molar-refractivity contribution in [3.8, 4) is 0 Å². The number of sulfone groups is 1. The van der Waals surface area contributed by atoms with Crippen LogP contribution in [0.4, 0.5) is 4.79 Å². The Bertz CT molecular complexity index is 671. The molecule has 2 rings (SSSR count). The normalized spacial score (nSPS) is 27.4. The highest BCUT2D eigenvalue weighted by Gasteiger charge is 2.43. The molecule has 156 valence electrons. The summed E-state index contributed by atoms with van der Waals surface area (Å²) in [6.07, 6.45) is 0.655. The maximum atomic E-state index is 12.5. The number of hydrogen-bond acceptors (Lipinski definition) is 6. The lowest BCUT2D eigenvalue weighted by molar-refractivity contribution is -0.132. The van der Waals surface area contributed by atoms with Crippen LogP contribution in [0, 0.1) is 5.92 Å². The first-order valence-electron chi connectivity index (χ1n) is 9.57. The molecular formula is C18H33N3O5S. The molecule has 2 aliphatic rings. The molecule has 2 fully saturated rings. The van der Waals surface area contributed by atoms with Crippen molar-refractivity contribution in [3.05, 3.63) is 0 Å². The van der Waals surface area contributed by atoms with E-state index in [0.717, 1.165) is 0 Å². The van der Waals surface area contributed by atoms with Gasteiger partial charge in [0.2, 0.25) is 5.91 Å². The second kappa shape index (κ2) is 7.95. The molecule has 2 heterocycles. The third kappa shape index (κ3) is 5.34. The van der Waals surface area contributed by atoms with Crippen LogP contribution in [0.25, 0.3) is 0 Å². The molecule has 2 saturated heterocycles. The average Bonchev–Trinajstić information content (AvgIpc) is 2.85. The molecule has 27 heavy (non-hydrogen) atoms. The highest BCUT2D eigenvalue weighted by Crippen LogP contribution is 2.29. The molecule has 3 atom stereocenters. The van der Waals surface area contributed by atoms with Crippen LogP contribution in [-0.4, -0.2) is 78.5 Å². The van der Waals surface area contributed by atoms with Crippen LogP contribution in [0.1, 0.15) is 47.5 Å². The Morgan fingerprint density at radius 3 is 2.37 bits per heavy atom. The number of nitrogens with zero attached hydrogens (tertiary/aromatic N) is 2. The highest BCUT2D eigenvalue weighted by molar-refractivity contribution is 7.91. The molecule has 0 spiro atoms. The Morgan fingerprint density at radius 1 is 1.26 bits per heavy atom. The zero-order chi connectivity index (χ0) is 20.6. The van der Waals surface area contributed by atoms with Gasteiger partial charge in [-0.3, -0.25) is 4.79 Å². The van der Waals surface area contributed by atoms with Gasteiger partial charge in [0, 0.05) is 31.6 Å². The van der Waals surface area contributed by atoms with Crippen molar-refractivity contribution in [2.75, 3.05) is 25.4 Å². The molecule has 0 aliphatic carbocycles. The van der Waals surface area contributed by atoms with Gasteiger partial charge in [0.15, 0.2) is 9.84 Å². The van der Waals surface area contributed by atoms with Gasteiger partial charge in [-0.2, -0.15) is 0 Å². The zero-order valence-corrected chi connectivity index (χ0v) is 17.8. The minimum Gasteiger partial charge on any atom is -0.444 e. The summed E-state index contributed by atoms with van der Waals surface area (Å²) in [5.74, 6) is -0.543. The van der Waals surface area contributed by atoms with Crippen molar-refractivity contribution in [1.82, 2.24) is 9.80 Å². The smallest absolute Gasteiger partial charge is 0.410 e. The van der Waals surface area contributed by atoms with Gasteiger partial charge < -0.3 is 20.3 Å². The summed E-state index contributed by atoms with van der Waals surface area (Å²) in [6, 6.07) is -0.741. The van der Waals surface area contributed by atoms with Crippen molar-refractivity contribution in [2.24, 2.45) is 11.7 Å². The Kier molecular flexibility index (Phi) is 6.46. The van der Waals surface area contributed by atoms with Crippen molar-refractivity contribution in [2.45, 2.75) is 70.4 Å². The van der Waals surface area contributed by atoms with Gasteiger partial charge in [-0.15, -0.1) is 0 Å². The van der Waals surface area contributed by atoms with Gasteiger partial charge in [0.25, 0.3) is 0 Å². The zero-order valence-electron chi connectivity index (χ0n) is 17.0. The monoisotopic (exact) mass is 403 g/mol. The summed E-state index contributed by atoms with van der Waals surface area (Å²) >= 11 is 0. The van der Waals surface area contributed by atoms with Crippen LogP contribution in [0.15, 0.2) is 0 Å². The Labute approximate surface area is 162 Å². The summed E-state index contributed by atoms with van der Waals surface area (Å²) < 4.78 is 30.5. The van der Waals surface area contributed by atoms with Crippen LogP contribution in [0.3, 0.4) is 0 Å². The lowest BCUT2D eigenvalue weighted by Gasteiger charge is -2.42.